The van der Waals surface area contributed by atoms with Gasteiger partial charge in [-0.05, 0) is 6.07 Å². The zero-order valence-electron chi connectivity index (χ0n) is 8.75. The average molecular weight is 251 g/mol. The summed E-state index contributed by atoms with van der Waals surface area (Å²) in [5, 5.41) is 22.2. The highest BCUT2D eigenvalue weighted by Crippen LogP contribution is 2.21. The minimum absolute atomic E-state index is 0.349. The van der Waals surface area contributed by atoms with Crippen LogP contribution in [0.25, 0.3) is 0 Å². The fourth-order valence-corrected chi connectivity index (χ4v) is 0.964. The maximum atomic E-state index is 13.2. The topological polar surface area (TPSA) is 134 Å². The number of non-ortho nitro benzene ring substituents is 1. The maximum absolute atomic E-state index is 13.2. The lowest BCUT2D eigenvalue weighted by Gasteiger charge is -2.02. The summed E-state index contributed by atoms with van der Waals surface area (Å²) in [4.78, 5) is 20.4. The smallest absolute Gasteiger partial charge is 0.280 e. The SMILES string of the molecule is N#CC(=NNc1cc([N+](=O)[O-])ccc1F)C(N)=O. The molecular formula is C9H6FN5O3. The molecule has 0 saturated heterocycles. The molecule has 8 nitrogen and oxygen atoms in total. The first-order valence-electron chi connectivity index (χ1n) is 4.43. The molecule has 92 valence electrons. The van der Waals surface area contributed by atoms with Crippen LogP contribution < -0.4 is 11.2 Å². The summed E-state index contributed by atoms with van der Waals surface area (Å²) in [6, 6.07) is 4.07. The Labute approximate surface area is 99.7 Å². The predicted octanol–water partition coefficient (Wildman–Crippen LogP) is 0.511. The van der Waals surface area contributed by atoms with E-state index >= 15 is 0 Å². The van der Waals surface area contributed by atoms with Gasteiger partial charge in [-0.3, -0.25) is 20.3 Å². The van der Waals surface area contributed by atoms with Gasteiger partial charge in [0.15, 0.2) is 0 Å². The number of nitro benzene ring substituents is 1. The van der Waals surface area contributed by atoms with Crippen LogP contribution in [0.2, 0.25) is 0 Å². The summed E-state index contributed by atoms with van der Waals surface area (Å²) < 4.78 is 13.2. The Morgan fingerprint density at radius 3 is 2.78 bits per heavy atom. The molecule has 1 rings (SSSR count). The number of hydrogen-bond acceptors (Lipinski definition) is 6. The molecule has 0 aromatic heterocycles. The van der Waals surface area contributed by atoms with Gasteiger partial charge in [-0.2, -0.15) is 10.4 Å². The minimum atomic E-state index is -1.10. The maximum Gasteiger partial charge on any atom is 0.280 e. The molecule has 0 heterocycles. The van der Waals surface area contributed by atoms with Crippen LogP contribution in [0.5, 0.6) is 0 Å². The van der Waals surface area contributed by atoms with E-state index in [9.17, 15) is 19.3 Å². The third-order valence-electron chi connectivity index (χ3n) is 1.79. The first-order chi connectivity index (χ1) is 8.45. The normalized spacial score (nSPS) is 10.6. The van der Waals surface area contributed by atoms with Gasteiger partial charge >= 0.3 is 0 Å². The second-order valence-electron chi connectivity index (χ2n) is 2.97. The highest BCUT2D eigenvalue weighted by atomic mass is 19.1. The highest BCUT2D eigenvalue weighted by Gasteiger charge is 2.11. The van der Waals surface area contributed by atoms with E-state index in [1.54, 1.807) is 0 Å². The summed E-state index contributed by atoms with van der Waals surface area (Å²) in [6.45, 7) is 0. The average Bonchev–Trinajstić information content (AvgIpc) is 2.31. The van der Waals surface area contributed by atoms with E-state index < -0.39 is 22.4 Å². The van der Waals surface area contributed by atoms with Crippen LogP contribution in [0.3, 0.4) is 0 Å². The number of primary amides is 1. The van der Waals surface area contributed by atoms with Crippen LogP contribution in [-0.2, 0) is 4.79 Å². The number of carbonyl (C=O) groups excluding carboxylic acids is 1. The van der Waals surface area contributed by atoms with Crippen LogP contribution in [0.15, 0.2) is 23.3 Å². The van der Waals surface area contributed by atoms with E-state index in [0.29, 0.717) is 0 Å². The van der Waals surface area contributed by atoms with Gasteiger partial charge in [-0.1, -0.05) is 0 Å². The molecule has 0 spiro atoms. The monoisotopic (exact) mass is 251 g/mol. The Hall–Kier alpha value is -3.02. The molecule has 0 aliphatic rings. The predicted molar refractivity (Wildman–Crippen MR) is 58.9 cm³/mol. The van der Waals surface area contributed by atoms with Gasteiger partial charge in [-0.15, -0.1) is 0 Å². The van der Waals surface area contributed by atoms with E-state index in [2.05, 4.69) is 5.10 Å². The van der Waals surface area contributed by atoms with Crippen molar-refractivity contribution in [2.45, 2.75) is 0 Å². The number of rotatable bonds is 4. The lowest BCUT2D eigenvalue weighted by molar-refractivity contribution is -0.384. The highest BCUT2D eigenvalue weighted by molar-refractivity contribution is 6.44. The number of hydrazone groups is 1. The number of halogens is 1. The third-order valence-corrected chi connectivity index (χ3v) is 1.79. The summed E-state index contributed by atoms with van der Waals surface area (Å²) in [5.74, 6) is -1.93. The molecule has 0 unspecified atom stereocenters. The van der Waals surface area contributed by atoms with E-state index in [-0.39, 0.29) is 11.4 Å². The fraction of sp³-hybridized carbons (Fsp3) is 0. The van der Waals surface area contributed by atoms with Crippen molar-refractivity contribution in [1.82, 2.24) is 0 Å². The molecule has 0 atom stereocenters. The number of nitrogens with zero attached hydrogens (tertiary/aromatic N) is 3. The van der Waals surface area contributed by atoms with E-state index in [1.807, 2.05) is 5.43 Å². The van der Waals surface area contributed by atoms with Crippen molar-refractivity contribution in [3.05, 3.63) is 34.1 Å². The summed E-state index contributed by atoms with van der Waals surface area (Å²) in [6.07, 6.45) is 0. The lowest BCUT2D eigenvalue weighted by Crippen LogP contribution is -2.22. The Morgan fingerprint density at radius 2 is 2.28 bits per heavy atom. The molecule has 0 fully saturated rings. The van der Waals surface area contributed by atoms with Crippen molar-refractivity contribution in [3.63, 3.8) is 0 Å². The van der Waals surface area contributed by atoms with Crippen molar-refractivity contribution in [2.24, 2.45) is 10.8 Å². The number of nitro groups is 1. The van der Waals surface area contributed by atoms with Crippen molar-refractivity contribution < 1.29 is 14.1 Å². The van der Waals surface area contributed by atoms with Gasteiger partial charge in [0.2, 0.25) is 5.71 Å². The molecule has 18 heavy (non-hydrogen) atoms. The second kappa shape index (κ2) is 5.35. The second-order valence-corrected chi connectivity index (χ2v) is 2.97. The van der Waals surface area contributed by atoms with Crippen molar-refractivity contribution >= 4 is 23.0 Å². The minimum Gasteiger partial charge on any atom is -0.364 e. The van der Waals surface area contributed by atoms with Crippen molar-refractivity contribution in [3.8, 4) is 6.07 Å². The molecule has 1 amide bonds. The summed E-state index contributed by atoms with van der Waals surface area (Å²) >= 11 is 0. The van der Waals surface area contributed by atoms with Crippen LogP contribution in [0.4, 0.5) is 15.8 Å². The Kier molecular flexibility index (Phi) is 3.88. The molecule has 0 bridgehead atoms. The van der Waals surface area contributed by atoms with E-state index in [4.69, 9.17) is 11.0 Å². The number of nitriles is 1. The molecule has 0 aliphatic carbocycles. The number of anilines is 1. The first-order valence-corrected chi connectivity index (χ1v) is 4.43. The van der Waals surface area contributed by atoms with E-state index in [0.717, 1.165) is 18.2 Å². The quantitative estimate of drug-likeness (QED) is 0.456. The number of nitrogens with two attached hydrogens (primary N) is 1. The zero-order chi connectivity index (χ0) is 13.7. The van der Waals surface area contributed by atoms with Gasteiger partial charge in [0.1, 0.15) is 11.9 Å². The molecule has 0 radical (unpaired) electrons. The van der Waals surface area contributed by atoms with Crippen molar-refractivity contribution in [1.29, 1.82) is 5.26 Å². The molecule has 3 N–H and O–H groups in total. The van der Waals surface area contributed by atoms with Crippen molar-refractivity contribution in [2.75, 3.05) is 5.43 Å². The number of carbonyl (C=O) groups is 1. The molecular weight excluding hydrogens is 245 g/mol. The number of nitrogens with one attached hydrogen (secondary N) is 1. The lowest BCUT2D eigenvalue weighted by atomic mass is 10.3. The third kappa shape index (κ3) is 2.99. The number of amides is 1. The van der Waals surface area contributed by atoms with Gasteiger partial charge in [0, 0.05) is 12.1 Å². The molecule has 1 aromatic rings. The molecule has 1 aromatic carbocycles. The Morgan fingerprint density at radius 1 is 1.61 bits per heavy atom. The Bertz CT molecular complexity index is 578. The van der Waals surface area contributed by atoms with Gasteiger partial charge in [0.05, 0.1) is 10.6 Å². The van der Waals surface area contributed by atoms with Gasteiger partial charge < -0.3 is 5.73 Å². The summed E-state index contributed by atoms with van der Waals surface area (Å²) in [5.41, 5.74) is 5.42. The molecule has 9 heteroatoms. The molecule has 0 saturated carbocycles. The van der Waals surface area contributed by atoms with Crippen LogP contribution >= 0.6 is 0 Å². The zero-order valence-corrected chi connectivity index (χ0v) is 8.75. The van der Waals surface area contributed by atoms with Gasteiger partial charge in [0.25, 0.3) is 11.6 Å². The van der Waals surface area contributed by atoms with Crippen LogP contribution in [0, 0.1) is 27.3 Å². The first kappa shape index (κ1) is 13.0. The fourth-order valence-electron chi connectivity index (χ4n) is 0.964. The number of hydrogen-bond donors (Lipinski definition) is 2. The van der Waals surface area contributed by atoms with E-state index in [1.165, 1.54) is 6.07 Å². The summed E-state index contributed by atoms with van der Waals surface area (Å²) in [7, 11) is 0. The van der Waals surface area contributed by atoms with Gasteiger partial charge in [-0.25, -0.2) is 4.39 Å². The largest absolute Gasteiger partial charge is 0.364 e. The Balaban J connectivity index is 3.05. The molecule has 0 aliphatic heterocycles. The number of benzene rings is 1. The van der Waals surface area contributed by atoms with Crippen LogP contribution in [-0.4, -0.2) is 16.5 Å². The van der Waals surface area contributed by atoms with Crippen LogP contribution in [0.1, 0.15) is 0 Å². The standard InChI is InChI=1S/C9H6FN5O3/c10-6-2-1-5(15(17)18)3-7(6)13-14-8(4-11)9(12)16/h1-3,13H,(H2,12,16).